The lowest BCUT2D eigenvalue weighted by Gasteiger charge is -2.32. The van der Waals surface area contributed by atoms with Gasteiger partial charge in [-0.3, -0.25) is 0 Å². The Hall–Kier alpha value is -0.805. The average Bonchev–Trinajstić information content (AvgIpc) is 2.41. The minimum Gasteiger partial charge on any atom is -0.405 e. The molecule has 0 radical (unpaired) electrons. The van der Waals surface area contributed by atoms with E-state index in [9.17, 15) is 0 Å². The zero-order valence-corrected chi connectivity index (χ0v) is 11.1. The molecule has 0 saturated carbocycles. The molecule has 0 aromatic rings. The van der Waals surface area contributed by atoms with E-state index in [0.717, 1.165) is 6.21 Å². The lowest BCUT2D eigenvalue weighted by atomic mass is 9.79. The van der Waals surface area contributed by atoms with Gasteiger partial charge in [0.1, 0.15) is 0 Å². The third-order valence-electron chi connectivity index (χ3n) is 2.88. The molecule has 0 bridgehead atoms. The van der Waals surface area contributed by atoms with Crippen molar-refractivity contribution in [2.75, 3.05) is 0 Å². The predicted molar refractivity (Wildman–Crippen MR) is 68.5 cm³/mol. The first-order chi connectivity index (χ1) is 7.34. The van der Waals surface area contributed by atoms with Crippen molar-refractivity contribution < 1.29 is 9.31 Å². The molecule has 0 aromatic heterocycles. The van der Waals surface area contributed by atoms with Gasteiger partial charge in [0.15, 0.2) is 0 Å². The smallest absolute Gasteiger partial charge is 0.405 e. The molecule has 4 nitrogen and oxygen atoms in total. The molecule has 0 atom stereocenters. The van der Waals surface area contributed by atoms with Gasteiger partial charge in [-0.05, 0) is 33.9 Å². The highest BCUT2D eigenvalue weighted by Gasteiger charge is 2.52. The van der Waals surface area contributed by atoms with Crippen LogP contribution in [0.2, 0.25) is 0 Å². The van der Waals surface area contributed by atoms with Gasteiger partial charge in [0.2, 0.25) is 0 Å². The van der Waals surface area contributed by atoms with E-state index in [1.165, 1.54) is 6.20 Å². The highest BCUT2D eigenvalue weighted by molar-refractivity contribution is 6.60. The maximum Gasteiger partial charge on any atom is 0.497 e. The highest BCUT2D eigenvalue weighted by Crippen LogP contribution is 2.37. The van der Waals surface area contributed by atoms with Crippen molar-refractivity contribution >= 4 is 13.3 Å². The summed E-state index contributed by atoms with van der Waals surface area (Å²) in [6.07, 6.45) is 2.50. The van der Waals surface area contributed by atoms with Crippen molar-refractivity contribution in [1.82, 2.24) is 0 Å². The van der Waals surface area contributed by atoms with E-state index in [0.29, 0.717) is 5.47 Å². The number of nitrogens with one attached hydrogen (secondary N) is 1. The molecule has 1 aliphatic heterocycles. The van der Waals surface area contributed by atoms with Crippen LogP contribution in [0.3, 0.4) is 0 Å². The Morgan fingerprint density at radius 3 is 1.75 bits per heavy atom. The molecular formula is C11H23BN2O2. The van der Waals surface area contributed by atoms with Crippen molar-refractivity contribution in [3.63, 3.8) is 0 Å². The fourth-order valence-corrected chi connectivity index (χ4v) is 1.17. The Morgan fingerprint density at radius 1 is 1.12 bits per heavy atom. The fraction of sp³-hybridized carbons (Fsp3) is 0.727. The van der Waals surface area contributed by atoms with Crippen molar-refractivity contribution in [2.45, 2.75) is 52.7 Å². The third-order valence-corrected chi connectivity index (χ3v) is 2.88. The van der Waals surface area contributed by atoms with Gasteiger partial charge < -0.3 is 20.5 Å². The van der Waals surface area contributed by atoms with Crippen LogP contribution in [0, 0.1) is 5.41 Å². The van der Waals surface area contributed by atoms with Crippen LogP contribution in [0.5, 0.6) is 0 Å². The molecule has 16 heavy (non-hydrogen) atoms. The topological polar surface area (TPSA) is 68.3 Å². The van der Waals surface area contributed by atoms with Crippen LogP contribution in [0.4, 0.5) is 0 Å². The number of hydrogen-bond acceptors (Lipinski definition) is 4. The maximum atomic E-state index is 7.15. The van der Waals surface area contributed by atoms with Gasteiger partial charge in [-0.15, -0.1) is 0 Å². The largest absolute Gasteiger partial charge is 0.497 e. The van der Waals surface area contributed by atoms with Crippen molar-refractivity contribution in [2.24, 2.45) is 5.73 Å². The van der Waals surface area contributed by atoms with E-state index in [4.69, 9.17) is 20.5 Å². The maximum absolute atomic E-state index is 7.15. The molecule has 3 N–H and O–H groups in total. The second kappa shape index (κ2) is 5.50. The standard InChI is InChI=1S/C9H17BN2O2.C2H6/c1-8(2)9(3,4)14-10(13-8)7(5-11)6-12;1-2/h5-6,11H,12H2,1-4H3;1-2H3/b7-6+,11-5?;. The summed E-state index contributed by atoms with van der Waals surface area (Å²) in [5.41, 5.74) is 5.15. The van der Waals surface area contributed by atoms with Crippen LogP contribution in [0.15, 0.2) is 11.7 Å². The van der Waals surface area contributed by atoms with Crippen LogP contribution in [0.25, 0.3) is 0 Å². The molecule has 1 aliphatic rings. The summed E-state index contributed by atoms with van der Waals surface area (Å²) >= 11 is 0. The van der Waals surface area contributed by atoms with Crippen molar-refractivity contribution in [3.05, 3.63) is 11.7 Å². The molecule has 5 heteroatoms. The molecule has 0 aromatic carbocycles. The van der Waals surface area contributed by atoms with E-state index in [-0.39, 0.29) is 11.2 Å². The first-order valence-electron chi connectivity index (χ1n) is 5.62. The van der Waals surface area contributed by atoms with Crippen LogP contribution in [-0.4, -0.2) is 24.5 Å². The fourth-order valence-electron chi connectivity index (χ4n) is 1.17. The van der Waals surface area contributed by atoms with Crippen LogP contribution in [-0.2, 0) is 9.31 Å². The zero-order valence-electron chi connectivity index (χ0n) is 11.1. The van der Waals surface area contributed by atoms with Gasteiger partial charge in [0.25, 0.3) is 0 Å². The molecule has 1 saturated heterocycles. The Labute approximate surface area is 98.8 Å². The number of rotatable bonds is 2. The molecule has 0 amide bonds. The Balaban J connectivity index is 0.00000106. The van der Waals surface area contributed by atoms with E-state index in [1.807, 2.05) is 41.5 Å². The second-order valence-corrected chi connectivity index (χ2v) is 4.40. The molecule has 1 fully saturated rings. The average molecular weight is 226 g/mol. The Kier molecular flexibility index (Phi) is 5.22. The van der Waals surface area contributed by atoms with Crippen molar-refractivity contribution in [3.8, 4) is 0 Å². The highest BCUT2D eigenvalue weighted by atomic mass is 16.7. The minimum atomic E-state index is -0.525. The van der Waals surface area contributed by atoms with Gasteiger partial charge in [-0.1, -0.05) is 13.8 Å². The second-order valence-electron chi connectivity index (χ2n) is 4.40. The minimum absolute atomic E-state index is 0.380. The monoisotopic (exact) mass is 226 g/mol. The van der Waals surface area contributed by atoms with E-state index < -0.39 is 7.12 Å². The molecule has 92 valence electrons. The lowest BCUT2D eigenvalue weighted by Crippen LogP contribution is -2.41. The van der Waals surface area contributed by atoms with Gasteiger partial charge in [-0.2, -0.15) is 0 Å². The normalized spacial score (nSPS) is 22.4. The zero-order chi connectivity index (χ0) is 13.0. The van der Waals surface area contributed by atoms with Gasteiger partial charge in [0, 0.05) is 11.7 Å². The third kappa shape index (κ3) is 2.86. The lowest BCUT2D eigenvalue weighted by molar-refractivity contribution is 0.00578. The predicted octanol–water partition coefficient (Wildman–Crippen LogP) is 2.14. The van der Waals surface area contributed by atoms with Gasteiger partial charge in [-0.25, -0.2) is 0 Å². The van der Waals surface area contributed by atoms with Crippen LogP contribution in [0.1, 0.15) is 41.5 Å². The van der Waals surface area contributed by atoms with Gasteiger partial charge in [0.05, 0.1) is 11.2 Å². The van der Waals surface area contributed by atoms with Crippen LogP contribution >= 0.6 is 0 Å². The summed E-state index contributed by atoms with van der Waals surface area (Å²) in [5, 5.41) is 7.15. The number of nitrogens with two attached hydrogens (primary N) is 1. The summed E-state index contributed by atoms with van der Waals surface area (Å²) in [7, 11) is -0.525. The Bertz CT molecular complexity index is 259. The molecule has 1 heterocycles. The molecule has 0 aliphatic carbocycles. The summed E-state index contributed by atoms with van der Waals surface area (Å²) in [4.78, 5) is 0. The van der Waals surface area contributed by atoms with E-state index >= 15 is 0 Å². The first-order valence-corrected chi connectivity index (χ1v) is 5.62. The molecule has 1 rings (SSSR count). The molecule has 0 unspecified atom stereocenters. The summed E-state index contributed by atoms with van der Waals surface area (Å²) in [6, 6.07) is 0. The number of hydrogen-bond donors (Lipinski definition) is 2. The van der Waals surface area contributed by atoms with Crippen molar-refractivity contribution in [1.29, 1.82) is 5.41 Å². The summed E-state index contributed by atoms with van der Waals surface area (Å²) in [5.74, 6) is 0. The summed E-state index contributed by atoms with van der Waals surface area (Å²) in [6.45, 7) is 11.9. The SMILES string of the molecule is CC.CC1(C)OB(/C(C=N)=C/N)OC1(C)C. The first kappa shape index (κ1) is 15.2. The van der Waals surface area contributed by atoms with E-state index in [2.05, 4.69) is 0 Å². The quantitative estimate of drug-likeness (QED) is 0.559. The molecular weight excluding hydrogens is 203 g/mol. The number of allylic oxidation sites excluding steroid dienone is 1. The van der Waals surface area contributed by atoms with Crippen LogP contribution < -0.4 is 5.73 Å². The molecule has 0 spiro atoms. The van der Waals surface area contributed by atoms with E-state index in [1.54, 1.807) is 0 Å². The van der Waals surface area contributed by atoms with Gasteiger partial charge >= 0.3 is 7.12 Å². The summed E-state index contributed by atoms with van der Waals surface area (Å²) < 4.78 is 11.4. The Morgan fingerprint density at radius 2 is 1.50 bits per heavy atom.